The molecular weight excluding hydrogens is 123 g/mol. The Balaban J connectivity index is 3.82. The second-order valence-electron chi connectivity index (χ2n) is 2.66. The summed E-state index contributed by atoms with van der Waals surface area (Å²) in [5, 5.41) is 0. The number of hydrogen-bond donors (Lipinski definition) is 0. The lowest BCUT2D eigenvalue weighted by molar-refractivity contribution is -0.141. The van der Waals surface area contributed by atoms with Gasteiger partial charge in [-0.2, -0.15) is 0 Å². The maximum Gasteiger partial charge on any atom is 0.313 e. The summed E-state index contributed by atoms with van der Waals surface area (Å²) >= 11 is 0. The molecule has 2 nitrogen and oxygen atoms in total. The van der Waals surface area contributed by atoms with Gasteiger partial charge in [-0.05, 0) is 20.8 Å². The third kappa shape index (κ3) is 2.27. The molecular formula is C5H11O2P. The molecule has 1 atom stereocenters. The maximum absolute atomic E-state index is 10.6. The first-order valence-corrected chi connectivity index (χ1v) is 2.87. The molecule has 0 aliphatic rings. The monoisotopic (exact) mass is 134 g/mol. The molecule has 0 bridgehead atoms. The summed E-state index contributed by atoms with van der Waals surface area (Å²) in [5.74, 6) is -0.206. The molecule has 0 aliphatic heterocycles. The largest absolute Gasteiger partial charge is 0.451 e. The zero-order valence-corrected chi connectivity index (χ0v) is 6.55. The van der Waals surface area contributed by atoms with Gasteiger partial charge in [0.1, 0.15) is 0 Å². The van der Waals surface area contributed by atoms with Crippen molar-refractivity contribution in [3.63, 3.8) is 0 Å². The Morgan fingerprint density at radius 1 is 1.50 bits per heavy atom. The van der Waals surface area contributed by atoms with Crippen LogP contribution < -0.4 is 0 Å². The average Bonchev–Trinajstić information content (AvgIpc) is 1.62. The highest BCUT2D eigenvalue weighted by molar-refractivity contribution is 7.10. The first kappa shape index (κ1) is 7.90. The van der Waals surface area contributed by atoms with Crippen molar-refractivity contribution in [2.75, 3.05) is 0 Å². The van der Waals surface area contributed by atoms with Gasteiger partial charge in [0, 0.05) is 0 Å². The van der Waals surface area contributed by atoms with E-state index in [1.807, 2.05) is 9.47 Å². The van der Waals surface area contributed by atoms with E-state index in [0.717, 1.165) is 0 Å². The van der Waals surface area contributed by atoms with Crippen LogP contribution in [0.3, 0.4) is 0 Å². The first-order chi connectivity index (χ1) is 3.48. The van der Waals surface area contributed by atoms with Crippen molar-refractivity contribution in [1.82, 2.24) is 0 Å². The maximum atomic E-state index is 10.6. The standard InChI is InChI=1S/C5H11O2P/c1-5(2,3)4(6)7-8/h8H2,1-3H3. The summed E-state index contributed by atoms with van der Waals surface area (Å²) in [7, 11) is 1.93. The van der Waals surface area contributed by atoms with E-state index in [1.54, 1.807) is 20.8 Å². The van der Waals surface area contributed by atoms with E-state index in [4.69, 9.17) is 0 Å². The minimum Gasteiger partial charge on any atom is -0.451 e. The van der Waals surface area contributed by atoms with Gasteiger partial charge in [-0.3, -0.25) is 4.79 Å². The molecule has 48 valence electrons. The average molecular weight is 134 g/mol. The van der Waals surface area contributed by atoms with E-state index in [1.165, 1.54) is 0 Å². The first-order valence-electron chi connectivity index (χ1n) is 2.39. The van der Waals surface area contributed by atoms with Gasteiger partial charge in [0.2, 0.25) is 0 Å². The fraction of sp³-hybridized carbons (Fsp3) is 0.800. The second-order valence-corrected chi connectivity index (χ2v) is 2.89. The molecule has 0 rings (SSSR count). The van der Waals surface area contributed by atoms with Crippen LogP contribution in [0.15, 0.2) is 0 Å². The molecule has 0 fully saturated rings. The summed E-state index contributed by atoms with van der Waals surface area (Å²) in [6.45, 7) is 5.41. The van der Waals surface area contributed by atoms with Crippen molar-refractivity contribution < 1.29 is 9.32 Å². The summed E-state index contributed by atoms with van der Waals surface area (Å²) in [5.41, 5.74) is -0.373. The summed E-state index contributed by atoms with van der Waals surface area (Å²) in [4.78, 5) is 10.6. The summed E-state index contributed by atoms with van der Waals surface area (Å²) < 4.78 is 4.39. The van der Waals surface area contributed by atoms with Crippen LogP contribution in [-0.4, -0.2) is 5.97 Å². The molecule has 0 amide bonds. The number of carbonyl (C=O) groups excluding carboxylic acids is 1. The Kier molecular flexibility index (Phi) is 2.42. The molecule has 0 spiro atoms. The summed E-state index contributed by atoms with van der Waals surface area (Å²) in [6.07, 6.45) is 0. The lowest BCUT2D eigenvalue weighted by Crippen LogP contribution is -2.19. The van der Waals surface area contributed by atoms with Crippen molar-refractivity contribution in [2.24, 2.45) is 5.41 Å². The minimum atomic E-state index is -0.373. The highest BCUT2D eigenvalue weighted by Gasteiger charge is 2.21. The second kappa shape index (κ2) is 2.45. The molecule has 0 heterocycles. The van der Waals surface area contributed by atoms with Gasteiger partial charge in [-0.15, -0.1) is 0 Å². The molecule has 0 aromatic heterocycles. The van der Waals surface area contributed by atoms with Crippen LogP contribution in [0.5, 0.6) is 0 Å². The molecule has 0 saturated heterocycles. The Labute approximate surface area is 51.9 Å². The molecule has 3 heteroatoms. The molecule has 0 saturated carbocycles. The Bertz CT molecular complexity index is 93.1. The van der Waals surface area contributed by atoms with E-state index >= 15 is 0 Å². The third-order valence-electron chi connectivity index (χ3n) is 0.719. The predicted molar refractivity (Wildman–Crippen MR) is 35.3 cm³/mol. The van der Waals surface area contributed by atoms with E-state index in [9.17, 15) is 4.79 Å². The minimum absolute atomic E-state index is 0.206. The van der Waals surface area contributed by atoms with Crippen LogP contribution >= 0.6 is 9.47 Å². The van der Waals surface area contributed by atoms with Crippen LogP contribution in [0.25, 0.3) is 0 Å². The molecule has 8 heavy (non-hydrogen) atoms. The normalized spacial score (nSPS) is 11.0. The number of rotatable bonds is 0. The molecule has 0 radical (unpaired) electrons. The fourth-order valence-corrected chi connectivity index (χ4v) is 0.530. The topological polar surface area (TPSA) is 26.3 Å². The van der Waals surface area contributed by atoms with E-state index in [2.05, 4.69) is 4.52 Å². The van der Waals surface area contributed by atoms with Crippen molar-refractivity contribution in [1.29, 1.82) is 0 Å². The molecule has 1 unspecified atom stereocenters. The highest BCUT2D eigenvalue weighted by atomic mass is 31.0. The fourth-order valence-electron chi connectivity index (χ4n) is 0.177. The molecule has 0 aliphatic carbocycles. The number of hydrogen-bond acceptors (Lipinski definition) is 2. The van der Waals surface area contributed by atoms with Crippen LogP contribution in [0.1, 0.15) is 20.8 Å². The van der Waals surface area contributed by atoms with Gasteiger partial charge in [0.15, 0.2) is 0 Å². The molecule has 0 aromatic rings. The molecule has 0 N–H and O–H groups in total. The highest BCUT2D eigenvalue weighted by Crippen LogP contribution is 2.16. The quantitative estimate of drug-likeness (QED) is 0.467. The van der Waals surface area contributed by atoms with Gasteiger partial charge >= 0.3 is 5.97 Å². The smallest absolute Gasteiger partial charge is 0.313 e. The van der Waals surface area contributed by atoms with E-state index in [0.29, 0.717) is 0 Å². The Morgan fingerprint density at radius 3 is 1.88 bits per heavy atom. The van der Waals surface area contributed by atoms with Crippen molar-refractivity contribution in [3.05, 3.63) is 0 Å². The Hall–Kier alpha value is -0.100. The zero-order valence-electron chi connectivity index (χ0n) is 5.39. The SMILES string of the molecule is CC(C)(C)C(=O)OP. The van der Waals surface area contributed by atoms with Gasteiger partial charge in [-0.25, -0.2) is 0 Å². The summed E-state index contributed by atoms with van der Waals surface area (Å²) in [6, 6.07) is 0. The van der Waals surface area contributed by atoms with Crippen LogP contribution in [0.2, 0.25) is 0 Å². The van der Waals surface area contributed by atoms with Gasteiger partial charge in [-0.1, -0.05) is 0 Å². The van der Waals surface area contributed by atoms with Crippen molar-refractivity contribution >= 4 is 15.4 Å². The van der Waals surface area contributed by atoms with Gasteiger partial charge < -0.3 is 4.52 Å². The zero-order chi connectivity index (χ0) is 6.78. The Morgan fingerprint density at radius 2 is 1.88 bits per heavy atom. The van der Waals surface area contributed by atoms with Crippen LogP contribution in [-0.2, 0) is 9.32 Å². The molecule has 0 aromatic carbocycles. The lowest BCUT2D eigenvalue weighted by Gasteiger charge is -2.12. The van der Waals surface area contributed by atoms with Crippen molar-refractivity contribution in [2.45, 2.75) is 20.8 Å². The van der Waals surface area contributed by atoms with Gasteiger partial charge in [0.05, 0.1) is 14.9 Å². The van der Waals surface area contributed by atoms with Crippen LogP contribution in [0.4, 0.5) is 0 Å². The number of carbonyl (C=O) groups is 1. The van der Waals surface area contributed by atoms with Crippen molar-refractivity contribution in [3.8, 4) is 0 Å². The van der Waals surface area contributed by atoms with Gasteiger partial charge in [0.25, 0.3) is 0 Å². The van der Waals surface area contributed by atoms with Crippen LogP contribution in [0, 0.1) is 5.41 Å². The third-order valence-corrected chi connectivity index (χ3v) is 0.933. The van der Waals surface area contributed by atoms with E-state index < -0.39 is 0 Å². The lowest BCUT2D eigenvalue weighted by atomic mass is 9.98. The van der Waals surface area contributed by atoms with E-state index in [-0.39, 0.29) is 11.4 Å². The predicted octanol–water partition coefficient (Wildman–Crippen LogP) is 1.37.